The second-order valence-electron chi connectivity index (χ2n) is 7.95. The maximum Gasteiger partial charge on any atom is 0.223 e. The zero-order chi connectivity index (χ0) is 19.5. The minimum absolute atomic E-state index is 0.110. The van der Waals surface area contributed by atoms with Gasteiger partial charge in [-0.1, -0.05) is 53.5 Å². The predicted octanol–water partition coefficient (Wildman–Crippen LogP) is 5.40. The maximum atomic E-state index is 12.9. The summed E-state index contributed by atoms with van der Waals surface area (Å²) in [5.41, 5.74) is 3.85. The molecule has 0 unspecified atom stereocenters. The van der Waals surface area contributed by atoms with Gasteiger partial charge in [0, 0.05) is 12.5 Å². The van der Waals surface area contributed by atoms with E-state index in [1.807, 2.05) is 18.2 Å². The Labute approximate surface area is 177 Å². The highest BCUT2D eigenvalue weighted by atomic mass is 35.5. The lowest BCUT2D eigenvalue weighted by Crippen LogP contribution is -2.41. The fourth-order valence-electron chi connectivity index (χ4n) is 4.44. The first kappa shape index (κ1) is 19.8. The van der Waals surface area contributed by atoms with Gasteiger partial charge < -0.3 is 5.32 Å². The van der Waals surface area contributed by atoms with Gasteiger partial charge in [0.1, 0.15) is 0 Å². The number of amides is 1. The number of halogens is 2. The Morgan fingerprint density at radius 2 is 1.82 bits per heavy atom. The van der Waals surface area contributed by atoms with Gasteiger partial charge in [-0.3, -0.25) is 9.69 Å². The van der Waals surface area contributed by atoms with Gasteiger partial charge in [-0.05, 0) is 74.0 Å². The van der Waals surface area contributed by atoms with Crippen molar-refractivity contribution in [1.29, 1.82) is 0 Å². The zero-order valence-corrected chi connectivity index (χ0v) is 17.5. The molecule has 0 aromatic heterocycles. The Morgan fingerprint density at radius 1 is 1.04 bits per heavy atom. The van der Waals surface area contributed by atoms with Gasteiger partial charge in [0.25, 0.3) is 0 Å². The quantitative estimate of drug-likeness (QED) is 0.723. The number of rotatable bonds is 4. The fourth-order valence-corrected chi connectivity index (χ4v) is 4.76. The molecule has 1 saturated heterocycles. The Morgan fingerprint density at radius 3 is 2.61 bits per heavy atom. The van der Waals surface area contributed by atoms with Crippen molar-refractivity contribution in [3.05, 3.63) is 69.2 Å². The SMILES string of the molecule is O=C(N[C@@H]1CCCc2ccccc21)C1CCN(Cc2ccc(Cl)c(Cl)c2)CC1. The fraction of sp³-hybridized carbons (Fsp3) is 0.435. The molecule has 2 aromatic rings. The lowest BCUT2D eigenvalue weighted by molar-refractivity contribution is -0.127. The molecule has 0 bridgehead atoms. The van der Waals surface area contributed by atoms with E-state index in [9.17, 15) is 4.79 Å². The summed E-state index contributed by atoms with van der Waals surface area (Å²) in [6.07, 6.45) is 5.11. The van der Waals surface area contributed by atoms with Crippen LogP contribution in [0.1, 0.15) is 48.4 Å². The lowest BCUT2D eigenvalue weighted by Gasteiger charge is -2.33. The van der Waals surface area contributed by atoms with E-state index in [-0.39, 0.29) is 17.9 Å². The van der Waals surface area contributed by atoms with E-state index in [0.29, 0.717) is 10.0 Å². The molecule has 1 heterocycles. The van der Waals surface area contributed by atoms with E-state index in [0.717, 1.165) is 57.3 Å². The highest BCUT2D eigenvalue weighted by molar-refractivity contribution is 6.42. The van der Waals surface area contributed by atoms with Crippen LogP contribution < -0.4 is 5.32 Å². The van der Waals surface area contributed by atoms with Gasteiger partial charge in [0.15, 0.2) is 0 Å². The van der Waals surface area contributed by atoms with Crippen LogP contribution >= 0.6 is 23.2 Å². The van der Waals surface area contributed by atoms with E-state index < -0.39 is 0 Å². The van der Waals surface area contributed by atoms with E-state index in [1.54, 1.807) is 0 Å². The third-order valence-corrected chi connectivity index (χ3v) is 6.77. The molecule has 2 aromatic carbocycles. The molecule has 28 heavy (non-hydrogen) atoms. The molecule has 1 aliphatic carbocycles. The molecule has 1 aliphatic heterocycles. The first-order chi connectivity index (χ1) is 13.6. The van der Waals surface area contributed by atoms with E-state index >= 15 is 0 Å². The van der Waals surface area contributed by atoms with E-state index in [2.05, 4.69) is 34.5 Å². The van der Waals surface area contributed by atoms with Crippen molar-refractivity contribution in [2.45, 2.75) is 44.7 Å². The van der Waals surface area contributed by atoms with Gasteiger partial charge in [0.2, 0.25) is 5.91 Å². The molecule has 1 atom stereocenters. The normalized spacial score (nSPS) is 20.6. The van der Waals surface area contributed by atoms with Crippen LogP contribution in [0.3, 0.4) is 0 Å². The second kappa shape index (κ2) is 8.86. The van der Waals surface area contributed by atoms with Crippen molar-refractivity contribution in [2.75, 3.05) is 13.1 Å². The van der Waals surface area contributed by atoms with Crippen molar-refractivity contribution in [3.63, 3.8) is 0 Å². The Bertz CT molecular complexity index is 846. The molecule has 1 amide bonds. The Balaban J connectivity index is 1.30. The molecule has 148 valence electrons. The number of hydrogen-bond donors (Lipinski definition) is 1. The van der Waals surface area contributed by atoms with Crippen molar-refractivity contribution >= 4 is 29.1 Å². The average molecular weight is 417 g/mol. The summed E-state index contributed by atoms with van der Waals surface area (Å²) in [6.45, 7) is 2.71. The van der Waals surface area contributed by atoms with E-state index in [1.165, 1.54) is 11.1 Å². The third-order valence-electron chi connectivity index (χ3n) is 6.03. The first-order valence-electron chi connectivity index (χ1n) is 10.1. The van der Waals surface area contributed by atoms with E-state index in [4.69, 9.17) is 23.2 Å². The highest BCUT2D eigenvalue weighted by Crippen LogP contribution is 2.30. The number of piperidine rings is 1. The van der Waals surface area contributed by atoms with Gasteiger partial charge in [-0.25, -0.2) is 0 Å². The van der Waals surface area contributed by atoms with Crippen molar-refractivity contribution in [3.8, 4) is 0 Å². The summed E-state index contributed by atoms with van der Waals surface area (Å²) in [5, 5.41) is 4.52. The molecule has 1 fully saturated rings. The van der Waals surface area contributed by atoms with Crippen LogP contribution in [-0.2, 0) is 17.8 Å². The molecule has 3 nitrogen and oxygen atoms in total. The molecule has 0 saturated carbocycles. The summed E-state index contributed by atoms with van der Waals surface area (Å²) >= 11 is 12.1. The number of carbonyl (C=O) groups is 1. The number of nitrogens with zero attached hydrogens (tertiary/aromatic N) is 1. The number of hydrogen-bond acceptors (Lipinski definition) is 2. The number of fused-ring (bicyclic) bond motifs is 1. The molecular formula is C23H26Cl2N2O. The summed E-state index contributed by atoms with van der Waals surface area (Å²) < 4.78 is 0. The molecule has 5 heteroatoms. The topological polar surface area (TPSA) is 32.3 Å². The highest BCUT2D eigenvalue weighted by Gasteiger charge is 2.28. The molecular weight excluding hydrogens is 391 g/mol. The van der Waals surface area contributed by atoms with Crippen molar-refractivity contribution in [1.82, 2.24) is 10.2 Å². The molecule has 4 rings (SSSR count). The predicted molar refractivity (Wildman–Crippen MR) is 115 cm³/mol. The van der Waals surface area contributed by atoms with Crippen LogP contribution in [0.5, 0.6) is 0 Å². The summed E-state index contributed by atoms with van der Waals surface area (Å²) in [5.74, 6) is 0.329. The maximum absolute atomic E-state index is 12.9. The summed E-state index contributed by atoms with van der Waals surface area (Å²) in [6, 6.07) is 14.5. The number of benzene rings is 2. The molecule has 1 N–H and O–H groups in total. The second-order valence-corrected chi connectivity index (χ2v) is 8.77. The van der Waals surface area contributed by atoms with Crippen LogP contribution in [0.2, 0.25) is 10.0 Å². The van der Waals surface area contributed by atoms with Gasteiger partial charge in [-0.15, -0.1) is 0 Å². The van der Waals surface area contributed by atoms with Crippen molar-refractivity contribution in [2.24, 2.45) is 5.92 Å². The first-order valence-corrected chi connectivity index (χ1v) is 10.9. The van der Waals surface area contributed by atoms with Gasteiger partial charge >= 0.3 is 0 Å². The summed E-state index contributed by atoms with van der Waals surface area (Å²) in [7, 11) is 0. The van der Waals surface area contributed by atoms with Crippen LogP contribution in [0.15, 0.2) is 42.5 Å². The van der Waals surface area contributed by atoms with Gasteiger partial charge in [0.05, 0.1) is 16.1 Å². The zero-order valence-electron chi connectivity index (χ0n) is 16.0. The smallest absolute Gasteiger partial charge is 0.223 e. The van der Waals surface area contributed by atoms with Crippen molar-refractivity contribution < 1.29 is 4.79 Å². The number of likely N-dealkylation sites (tertiary alicyclic amines) is 1. The summed E-state index contributed by atoms with van der Waals surface area (Å²) in [4.78, 5) is 15.2. The average Bonchev–Trinajstić information content (AvgIpc) is 2.71. The monoisotopic (exact) mass is 416 g/mol. The molecule has 0 spiro atoms. The Kier molecular flexibility index (Phi) is 6.25. The van der Waals surface area contributed by atoms with Crippen LogP contribution in [0.4, 0.5) is 0 Å². The minimum atomic E-state index is 0.110. The Hall–Kier alpha value is -1.55. The third kappa shape index (κ3) is 4.53. The van der Waals surface area contributed by atoms with Crippen LogP contribution in [-0.4, -0.2) is 23.9 Å². The number of nitrogens with one attached hydrogen (secondary N) is 1. The largest absolute Gasteiger partial charge is 0.349 e. The number of carbonyl (C=O) groups excluding carboxylic acids is 1. The molecule has 0 radical (unpaired) electrons. The standard InChI is InChI=1S/C23H26Cl2N2O/c24-20-9-8-16(14-21(20)25)15-27-12-10-18(11-13-27)23(28)26-22-7-3-5-17-4-1-2-6-19(17)22/h1-2,4,6,8-9,14,18,22H,3,5,7,10-13,15H2,(H,26,28)/t22-/m1/s1. The lowest BCUT2D eigenvalue weighted by atomic mass is 9.87. The van der Waals surface area contributed by atoms with Gasteiger partial charge in [-0.2, -0.15) is 0 Å². The van der Waals surface area contributed by atoms with Crippen LogP contribution in [0.25, 0.3) is 0 Å². The minimum Gasteiger partial charge on any atom is -0.349 e. The molecule has 2 aliphatic rings. The van der Waals surface area contributed by atoms with Crippen LogP contribution in [0, 0.1) is 5.92 Å². The number of aryl methyl sites for hydroxylation is 1.